The lowest BCUT2D eigenvalue weighted by atomic mass is 9.86. The summed E-state index contributed by atoms with van der Waals surface area (Å²) in [5.41, 5.74) is 3.52. The quantitative estimate of drug-likeness (QED) is 0.621. The van der Waals surface area contributed by atoms with E-state index in [0.29, 0.717) is 37.2 Å². The number of nitrogens with one attached hydrogen (secondary N) is 1. The van der Waals surface area contributed by atoms with Crippen LogP contribution in [0.2, 0.25) is 5.02 Å². The zero-order valence-corrected chi connectivity index (χ0v) is 18.9. The number of halogens is 2. The third-order valence-electron chi connectivity index (χ3n) is 6.79. The maximum absolute atomic E-state index is 15.3. The van der Waals surface area contributed by atoms with Crippen LogP contribution in [0.3, 0.4) is 0 Å². The van der Waals surface area contributed by atoms with Gasteiger partial charge in [-0.1, -0.05) is 11.6 Å². The van der Waals surface area contributed by atoms with Crippen molar-refractivity contribution in [3.05, 3.63) is 46.9 Å². The second-order valence-electron chi connectivity index (χ2n) is 8.76. The number of nitrogens with zero attached hydrogens (tertiary/aromatic N) is 4. The molecule has 2 aromatic heterocycles. The van der Waals surface area contributed by atoms with Gasteiger partial charge in [0.05, 0.1) is 36.6 Å². The van der Waals surface area contributed by atoms with Crippen molar-refractivity contribution in [3.8, 4) is 0 Å². The Morgan fingerprint density at radius 3 is 2.84 bits per heavy atom. The fourth-order valence-electron chi connectivity index (χ4n) is 4.73. The second-order valence-corrected chi connectivity index (χ2v) is 9.16. The Labute approximate surface area is 191 Å². The molecule has 0 aliphatic carbocycles. The molecule has 0 spiro atoms. The van der Waals surface area contributed by atoms with E-state index < -0.39 is 12.3 Å². The third kappa shape index (κ3) is 3.96. The summed E-state index contributed by atoms with van der Waals surface area (Å²) in [4.78, 5) is 11.1. The van der Waals surface area contributed by atoms with Gasteiger partial charge in [0.2, 0.25) is 5.95 Å². The largest absolute Gasteiger partial charge is 0.389 e. The fourth-order valence-corrected chi connectivity index (χ4v) is 5.05. The molecule has 0 saturated carbocycles. The molecule has 2 aliphatic heterocycles. The molecule has 2 N–H and O–H groups in total. The lowest BCUT2D eigenvalue weighted by molar-refractivity contribution is 0.0353. The van der Waals surface area contributed by atoms with Crippen molar-refractivity contribution in [1.29, 1.82) is 0 Å². The molecular formula is C23H27ClFN5O2. The van der Waals surface area contributed by atoms with E-state index in [2.05, 4.69) is 15.3 Å². The number of aromatic nitrogens is 3. The van der Waals surface area contributed by atoms with E-state index in [0.717, 1.165) is 27.8 Å². The molecular weight excluding hydrogens is 433 g/mol. The van der Waals surface area contributed by atoms with Crippen LogP contribution in [0.1, 0.15) is 23.6 Å². The average molecular weight is 460 g/mol. The van der Waals surface area contributed by atoms with Gasteiger partial charge in [-0.15, -0.1) is 0 Å². The average Bonchev–Trinajstić information content (AvgIpc) is 3.34. The van der Waals surface area contributed by atoms with E-state index in [-0.39, 0.29) is 18.5 Å². The summed E-state index contributed by atoms with van der Waals surface area (Å²) in [5, 5.41) is 14.7. The molecule has 4 atom stereocenters. The molecule has 9 heteroatoms. The van der Waals surface area contributed by atoms with Gasteiger partial charge in [-0.2, -0.15) is 0 Å². The second kappa shape index (κ2) is 8.59. The van der Waals surface area contributed by atoms with Gasteiger partial charge in [-0.05, 0) is 43.7 Å². The molecule has 2 fully saturated rings. The van der Waals surface area contributed by atoms with Gasteiger partial charge >= 0.3 is 0 Å². The topological polar surface area (TPSA) is 75.4 Å². The number of ether oxygens (including phenoxy) is 1. The van der Waals surface area contributed by atoms with Gasteiger partial charge in [-0.3, -0.25) is 4.90 Å². The summed E-state index contributed by atoms with van der Waals surface area (Å²) in [6, 6.07) is 5.55. The number of aliphatic hydroxyl groups is 1. The minimum absolute atomic E-state index is 0.135. The van der Waals surface area contributed by atoms with Gasteiger partial charge in [0, 0.05) is 48.0 Å². The number of aliphatic hydroxyl groups excluding tert-OH is 1. The van der Waals surface area contributed by atoms with Crippen molar-refractivity contribution >= 4 is 34.1 Å². The molecule has 1 aromatic carbocycles. The van der Waals surface area contributed by atoms with Crippen LogP contribution in [-0.2, 0) is 11.8 Å². The van der Waals surface area contributed by atoms with Crippen LogP contribution in [0.15, 0.2) is 30.6 Å². The Bertz CT molecular complexity index is 1140. The first-order chi connectivity index (χ1) is 15.4. The Morgan fingerprint density at radius 2 is 2.16 bits per heavy atom. The Balaban J connectivity index is 1.39. The molecule has 2 aliphatic rings. The van der Waals surface area contributed by atoms with E-state index in [4.69, 9.17) is 16.3 Å². The number of benzene rings is 1. The molecule has 32 heavy (non-hydrogen) atoms. The van der Waals surface area contributed by atoms with Crippen molar-refractivity contribution in [2.24, 2.45) is 7.05 Å². The standard InChI is InChI=1S/C23H27ClFN5O2/c1-13-19(4-5-29(13)2)27-23-26-9-14-7-17(24)16(8-20(14)28-23)15-3-6-30(10-18(15)25)21-11-32-12-22(21)31/h4-5,7-9,15,18,21-22,31H,3,6,10-12H2,1-2H3,(H,26,27,28)/t15-,18+,21+,22-/m0/s1. The highest BCUT2D eigenvalue weighted by Crippen LogP contribution is 2.37. The number of alkyl halides is 1. The first-order valence-electron chi connectivity index (χ1n) is 10.9. The summed E-state index contributed by atoms with van der Waals surface area (Å²) >= 11 is 6.57. The minimum Gasteiger partial charge on any atom is -0.389 e. The highest BCUT2D eigenvalue weighted by atomic mass is 35.5. The first-order valence-corrected chi connectivity index (χ1v) is 11.3. The number of anilines is 2. The SMILES string of the molecule is Cc1c(Nc2ncc3cc(Cl)c([C@@H]4CCN([C@@H]5COC[C@@H]5O)C[C@H]4F)cc3n2)ccn1C. The van der Waals surface area contributed by atoms with Crippen LogP contribution in [-0.4, -0.2) is 69.2 Å². The number of piperidine rings is 1. The lowest BCUT2D eigenvalue weighted by Crippen LogP contribution is -2.50. The molecule has 3 aromatic rings. The number of rotatable bonds is 4. The Kier molecular flexibility index (Phi) is 5.79. The number of hydrogen-bond donors (Lipinski definition) is 2. The van der Waals surface area contributed by atoms with Crippen molar-refractivity contribution in [1.82, 2.24) is 19.4 Å². The van der Waals surface area contributed by atoms with E-state index >= 15 is 4.39 Å². The lowest BCUT2D eigenvalue weighted by Gasteiger charge is -2.39. The van der Waals surface area contributed by atoms with E-state index in [9.17, 15) is 5.11 Å². The van der Waals surface area contributed by atoms with Crippen molar-refractivity contribution in [2.45, 2.75) is 37.6 Å². The summed E-state index contributed by atoms with van der Waals surface area (Å²) in [7, 11) is 1.98. The van der Waals surface area contributed by atoms with Gasteiger partial charge in [0.15, 0.2) is 0 Å². The van der Waals surface area contributed by atoms with Gasteiger partial charge in [0.25, 0.3) is 0 Å². The Hall–Kier alpha value is -2.26. The molecule has 0 radical (unpaired) electrons. The van der Waals surface area contributed by atoms with Crippen LogP contribution in [0.5, 0.6) is 0 Å². The van der Waals surface area contributed by atoms with Gasteiger partial charge in [-0.25, -0.2) is 14.4 Å². The molecule has 0 unspecified atom stereocenters. The molecule has 7 nitrogen and oxygen atoms in total. The first kappa shape index (κ1) is 21.6. The van der Waals surface area contributed by atoms with Crippen molar-refractivity contribution < 1.29 is 14.2 Å². The molecule has 0 amide bonds. The number of fused-ring (bicyclic) bond motifs is 1. The van der Waals surface area contributed by atoms with E-state index in [1.54, 1.807) is 6.20 Å². The predicted octanol–water partition coefficient (Wildman–Crippen LogP) is 3.56. The summed E-state index contributed by atoms with van der Waals surface area (Å²) in [6.45, 7) is 3.73. The minimum atomic E-state index is -1.09. The highest BCUT2D eigenvalue weighted by Gasteiger charge is 2.39. The fraction of sp³-hybridized carbons (Fsp3) is 0.478. The molecule has 5 rings (SSSR count). The number of aryl methyl sites for hydroxylation is 1. The molecule has 2 saturated heterocycles. The van der Waals surface area contributed by atoms with Crippen LogP contribution in [0.25, 0.3) is 10.9 Å². The van der Waals surface area contributed by atoms with Crippen molar-refractivity contribution in [2.75, 3.05) is 31.6 Å². The van der Waals surface area contributed by atoms with Crippen molar-refractivity contribution in [3.63, 3.8) is 0 Å². The normalized spacial score (nSPS) is 26.7. The van der Waals surface area contributed by atoms with E-state index in [1.807, 2.05) is 47.8 Å². The maximum Gasteiger partial charge on any atom is 0.227 e. The Morgan fingerprint density at radius 1 is 1.31 bits per heavy atom. The third-order valence-corrected chi connectivity index (χ3v) is 7.12. The zero-order valence-electron chi connectivity index (χ0n) is 18.1. The van der Waals surface area contributed by atoms with Gasteiger partial charge in [0.1, 0.15) is 6.17 Å². The molecule has 170 valence electrons. The monoisotopic (exact) mass is 459 g/mol. The predicted molar refractivity (Wildman–Crippen MR) is 122 cm³/mol. The zero-order chi connectivity index (χ0) is 22.4. The molecule has 4 heterocycles. The van der Waals surface area contributed by atoms with Crippen LogP contribution in [0.4, 0.5) is 16.0 Å². The number of likely N-dealkylation sites (tertiary alicyclic amines) is 1. The van der Waals surface area contributed by atoms with Gasteiger partial charge < -0.3 is 19.7 Å². The summed E-state index contributed by atoms with van der Waals surface area (Å²) in [6.07, 6.45) is 2.68. The maximum atomic E-state index is 15.3. The summed E-state index contributed by atoms with van der Waals surface area (Å²) in [5.74, 6) is 0.173. The smallest absolute Gasteiger partial charge is 0.227 e. The molecule has 0 bridgehead atoms. The number of hydrogen-bond acceptors (Lipinski definition) is 6. The van der Waals surface area contributed by atoms with E-state index in [1.165, 1.54) is 0 Å². The van der Waals surface area contributed by atoms with Crippen LogP contribution >= 0.6 is 11.6 Å². The van der Waals surface area contributed by atoms with Crippen LogP contribution in [0, 0.1) is 6.92 Å². The summed E-state index contributed by atoms with van der Waals surface area (Å²) < 4.78 is 22.6. The highest BCUT2D eigenvalue weighted by molar-refractivity contribution is 6.32. The van der Waals surface area contributed by atoms with Crippen LogP contribution < -0.4 is 5.32 Å².